The van der Waals surface area contributed by atoms with Crippen LogP contribution in [0.3, 0.4) is 0 Å². The van der Waals surface area contributed by atoms with Crippen LogP contribution in [0.15, 0.2) is 6.33 Å². The highest BCUT2D eigenvalue weighted by Crippen LogP contribution is 2.31. The molecular formula is C10H13N5O4S. The van der Waals surface area contributed by atoms with E-state index in [-0.39, 0.29) is 10.6 Å². The van der Waals surface area contributed by atoms with Gasteiger partial charge in [-0.15, -0.1) is 0 Å². The zero-order valence-electron chi connectivity index (χ0n) is 10.2. The normalized spacial score (nSPS) is 30.1. The van der Waals surface area contributed by atoms with E-state index in [9.17, 15) is 10.2 Å². The largest absolute Gasteiger partial charge is 0.394 e. The number of hydrogen-bond donors (Lipinski definition) is 5. The highest BCUT2D eigenvalue weighted by atomic mass is 32.1. The van der Waals surface area contributed by atoms with Crippen molar-refractivity contribution in [2.24, 2.45) is 0 Å². The van der Waals surface area contributed by atoms with Crippen molar-refractivity contribution in [2.75, 3.05) is 12.3 Å². The molecule has 0 bridgehead atoms. The van der Waals surface area contributed by atoms with E-state index >= 15 is 0 Å². The summed E-state index contributed by atoms with van der Waals surface area (Å²) in [5, 5.41) is 28.9. The molecular weight excluding hydrogens is 286 g/mol. The van der Waals surface area contributed by atoms with Crippen LogP contribution in [0.1, 0.15) is 6.23 Å². The topological polar surface area (TPSA) is 142 Å². The quantitative estimate of drug-likeness (QED) is 0.430. The molecule has 2 aromatic heterocycles. The van der Waals surface area contributed by atoms with Gasteiger partial charge in [-0.05, 0) is 0 Å². The monoisotopic (exact) mass is 299 g/mol. The number of aliphatic hydroxyl groups is 3. The number of anilines is 1. The van der Waals surface area contributed by atoms with E-state index in [0.29, 0.717) is 11.2 Å². The summed E-state index contributed by atoms with van der Waals surface area (Å²) in [6.07, 6.45) is -2.77. The van der Waals surface area contributed by atoms with Gasteiger partial charge >= 0.3 is 0 Å². The third-order valence-electron chi connectivity index (χ3n) is 3.26. The molecule has 2 aromatic rings. The van der Waals surface area contributed by atoms with E-state index in [1.807, 2.05) is 0 Å². The van der Waals surface area contributed by atoms with Gasteiger partial charge in [-0.1, -0.05) is 12.2 Å². The fraction of sp³-hybridized carbons (Fsp3) is 0.500. The molecule has 3 rings (SSSR count). The molecule has 3 heterocycles. The Morgan fingerprint density at radius 3 is 2.85 bits per heavy atom. The number of H-pyrrole nitrogens is 1. The minimum absolute atomic E-state index is 0.107. The van der Waals surface area contributed by atoms with Gasteiger partial charge < -0.3 is 30.8 Å². The van der Waals surface area contributed by atoms with Crippen molar-refractivity contribution in [1.29, 1.82) is 0 Å². The molecule has 0 amide bonds. The van der Waals surface area contributed by atoms with Crippen molar-refractivity contribution < 1.29 is 20.1 Å². The predicted octanol–water partition coefficient (Wildman–Crippen LogP) is -1.32. The number of nitrogens with two attached hydrogens (primary N) is 1. The lowest BCUT2D eigenvalue weighted by molar-refractivity contribution is -0.0511. The molecule has 108 valence electrons. The number of aliphatic hydroxyl groups excluding tert-OH is 3. The van der Waals surface area contributed by atoms with Crippen molar-refractivity contribution in [2.45, 2.75) is 24.5 Å². The van der Waals surface area contributed by atoms with Crippen LogP contribution in [0, 0.1) is 4.64 Å². The Morgan fingerprint density at radius 2 is 2.20 bits per heavy atom. The standard InChI is InChI=1S/C10H13N5O4S/c11-10-13-7-4(8(20)14-10)12-2-15(7)9-6(18)5(17)3(1-16)19-9/h2-3,5-6,9,16-18H,1H2,(H3,11,13,14,20)/t3?,5-,6-,9-/m1/s1. The molecule has 10 heteroatoms. The van der Waals surface area contributed by atoms with Crippen molar-refractivity contribution in [1.82, 2.24) is 19.5 Å². The predicted molar refractivity (Wildman–Crippen MR) is 70.1 cm³/mol. The van der Waals surface area contributed by atoms with Crippen LogP contribution in [0.4, 0.5) is 5.95 Å². The Bertz CT molecular complexity index is 701. The number of hydrogen-bond acceptors (Lipinski definition) is 8. The number of rotatable bonds is 2. The van der Waals surface area contributed by atoms with Crippen LogP contribution in [0.5, 0.6) is 0 Å². The number of aromatic amines is 1. The van der Waals surface area contributed by atoms with Crippen molar-refractivity contribution >= 4 is 29.3 Å². The van der Waals surface area contributed by atoms with E-state index in [4.69, 9.17) is 27.8 Å². The van der Waals surface area contributed by atoms with Gasteiger partial charge in [0.15, 0.2) is 16.8 Å². The first-order valence-corrected chi connectivity index (χ1v) is 6.28. The minimum atomic E-state index is -1.21. The maximum Gasteiger partial charge on any atom is 0.200 e. The van der Waals surface area contributed by atoms with Crippen LogP contribution in [-0.2, 0) is 4.74 Å². The summed E-state index contributed by atoms with van der Waals surface area (Å²) in [4.78, 5) is 10.8. The summed E-state index contributed by atoms with van der Waals surface area (Å²) >= 11 is 5.05. The van der Waals surface area contributed by atoms with Gasteiger partial charge in [0, 0.05) is 0 Å². The molecule has 1 aliphatic rings. The first kappa shape index (κ1) is 13.4. The average Bonchev–Trinajstić information content (AvgIpc) is 2.93. The Labute approximate surface area is 117 Å². The van der Waals surface area contributed by atoms with Crippen LogP contribution >= 0.6 is 12.2 Å². The third-order valence-corrected chi connectivity index (χ3v) is 3.54. The number of nitrogens with zero attached hydrogens (tertiary/aromatic N) is 3. The van der Waals surface area contributed by atoms with E-state index in [1.165, 1.54) is 10.9 Å². The molecule has 1 saturated heterocycles. The Morgan fingerprint density at radius 1 is 1.45 bits per heavy atom. The van der Waals surface area contributed by atoms with Gasteiger partial charge in [-0.3, -0.25) is 4.57 Å². The second-order valence-electron chi connectivity index (χ2n) is 4.51. The summed E-state index contributed by atoms with van der Waals surface area (Å²) < 4.78 is 7.11. The van der Waals surface area contributed by atoms with Crippen LogP contribution < -0.4 is 5.73 Å². The summed E-state index contributed by atoms with van der Waals surface area (Å²) in [6.45, 7) is -0.402. The first-order chi connectivity index (χ1) is 9.52. The zero-order chi connectivity index (χ0) is 14.4. The van der Waals surface area contributed by atoms with Gasteiger partial charge in [0.25, 0.3) is 0 Å². The second kappa shape index (κ2) is 4.75. The van der Waals surface area contributed by atoms with Gasteiger partial charge in [-0.25, -0.2) is 9.97 Å². The molecule has 1 fully saturated rings. The lowest BCUT2D eigenvalue weighted by Crippen LogP contribution is -2.33. The van der Waals surface area contributed by atoms with Gasteiger partial charge in [-0.2, -0.15) is 0 Å². The maximum absolute atomic E-state index is 10.0. The Hall–Kier alpha value is -1.59. The number of imidazole rings is 1. The van der Waals surface area contributed by atoms with Crippen LogP contribution in [0.25, 0.3) is 11.2 Å². The number of aromatic nitrogens is 4. The van der Waals surface area contributed by atoms with Gasteiger partial charge in [0.2, 0.25) is 0 Å². The molecule has 6 N–H and O–H groups in total. The third kappa shape index (κ3) is 1.89. The number of nitrogen functional groups attached to an aromatic ring is 1. The van der Waals surface area contributed by atoms with Crippen LogP contribution in [0.2, 0.25) is 0 Å². The summed E-state index contributed by atoms with van der Waals surface area (Å²) in [6, 6.07) is 0. The molecule has 0 radical (unpaired) electrons. The molecule has 9 nitrogen and oxygen atoms in total. The molecule has 20 heavy (non-hydrogen) atoms. The number of fused-ring (bicyclic) bond motifs is 1. The summed E-state index contributed by atoms with van der Waals surface area (Å²) in [5.41, 5.74) is 6.44. The van der Waals surface area contributed by atoms with E-state index < -0.39 is 31.1 Å². The molecule has 1 unspecified atom stereocenters. The Balaban J connectivity index is 2.09. The number of nitrogens with one attached hydrogen (secondary N) is 1. The van der Waals surface area contributed by atoms with Crippen molar-refractivity contribution in [3.05, 3.63) is 11.0 Å². The SMILES string of the molecule is Nc1nc(=S)c2ncn([C@@H]3OC(CO)[C@@H](O)[C@H]3O)c2[nH]1. The van der Waals surface area contributed by atoms with E-state index in [1.54, 1.807) is 0 Å². The first-order valence-electron chi connectivity index (χ1n) is 5.87. The smallest absolute Gasteiger partial charge is 0.200 e. The molecule has 0 saturated carbocycles. The van der Waals surface area contributed by atoms with Gasteiger partial charge in [0.1, 0.15) is 29.5 Å². The van der Waals surface area contributed by atoms with Gasteiger partial charge in [0.05, 0.1) is 12.9 Å². The van der Waals surface area contributed by atoms with Crippen LogP contribution in [-0.4, -0.2) is 59.8 Å². The Kier molecular flexibility index (Phi) is 3.18. The van der Waals surface area contributed by atoms with E-state index in [0.717, 1.165) is 0 Å². The van der Waals surface area contributed by atoms with Crippen molar-refractivity contribution in [3.8, 4) is 0 Å². The lowest BCUT2D eigenvalue weighted by Gasteiger charge is -2.16. The lowest BCUT2D eigenvalue weighted by atomic mass is 10.1. The number of ether oxygens (including phenoxy) is 1. The van der Waals surface area contributed by atoms with Crippen molar-refractivity contribution in [3.63, 3.8) is 0 Å². The summed E-state index contributed by atoms with van der Waals surface area (Å²) in [5.74, 6) is 0.107. The van der Waals surface area contributed by atoms with E-state index in [2.05, 4.69) is 15.0 Å². The molecule has 0 aliphatic carbocycles. The molecule has 4 atom stereocenters. The highest BCUT2D eigenvalue weighted by molar-refractivity contribution is 7.71. The second-order valence-corrected chi connectivity index (χ2v) is 4.89. The zero-order valence-corrected chi connectivity index (χ0v) is 11.0. The average molecular weight is 299 g/mol. The molecule has 0 spiro atoms. The summed E-state index contributed by atoms with van der Waals surface area (Å²) in [7, 11) is 0. The highest BCUT2D eigenvalue weighted by Gasteiger charge is 2.43. The molecule has 0 aromatic carbocycles. The fourth-order valence-corrected chi connectivity index (χ4v) is 2.50. The maximum atomic E-state index is 10.0. The molecule has 1 aliphatic heterocycles. The minimum Gasteiger partial charge on any atom is -0.394 e. The fourth-order valence-electron chi connectivity index (χ4n) is 2.26.